The average molecular weight is 313 g/mol. The normalized spacial score (nSPS) is 18.8. The van der Waals surface area contributed by atoms with Crippen LogP contribution in [0.5, 0.6) is 0 Å². The molecule has 116 valence electrons. The molecule has 5 nitrogen and oxygen atoms in total. The molecule has 1 unspecified atom stereocenters. The highest BCUT2D eigenvalue weighted by atomic mass is 35.5. The van der Waals surface area contributed by atoms with Crippen molar-refractivity contribution in [3.8, 4) is 0 Å². The van der Waals surface area contributed by atoms with Crippen LogP contribution in [0.25, 0.3) is 0 Å². The Labute approximate surface area is 129 Å². The van der Waals surface area contributed by atoms with E-state index in [0.29, 0.717) is 18.2 Å². The first-order valence-corrected chi connectivity index (χ1v) is 7.69. The van der Waals surface area contributed by atoms with Crippen molar-refractivity contribution >= 4 is 17.5 Å². The summed E-state index contributed by atoms with van der Waals surface area (Å²) in [5.74, 6) is -0.221. The summed E-state index contributed by atoms with van der Waals surface area (Å²) < 4.78 is 5.07. The van der Waals surface area contributed by atoms with Gasteiger partial charge in [-0.3, -0.25) is 9.59 Å². The number of hydrogen-bond acceptors (Lipinski definition) is 3. The van der Waals surface area contributed by atoms with Gasteiger partial charge in [-0.05, 0) is 38.2 Å². The Bertz CT molecular complexity index is 544. The number of amides is 1. The number of pyridine rings is 1. The minimum absolute atomic E-state index is 0.126. The Morgan fingerprint density at radius 2 is 2.33 bits per heavy atom. The number of methoxy groups -OCH3 is 1. The Kier molecular flexibility index (Phi) is 5.82. The van der Waals surface area contributed by atoms with Gasteiger partial charge >= 0.3 is 0 Å². The number of piperidine rings is 1. The van der Waals surface area contributed by atoms with Gasteiger partial charge in [0.25, 0.3) is 11.5 Å². The second-order valence-corrected chi connectivity index (χ2v) is 5.78. The smallest absolute Gasteiger partial charge is 0.260 e. The number of aromatic nitrogens is 1. The Hall–Kier alpha value is -1.33. The second kappa shape index (κ2) is 7.61. The third-order valence-corrected chi connectivity index (χ3v) is 4.09. The van der Waals surface area contributed by atoms with Crippen molar-refractivity contribution in [2.75, 3.05) is 20.3 Å². The van der Waals surface area contributed by atoms with Gasteiger partial charge in [0.2, 0.25) is 0 Å². The first-order valence-electron chi connectivity index (χ1n) is 7.31. The number of halogens is 1. The molecule has 0 saturated carbocycles. The lowest BCUT2D eigenvalue weighted by atomic mass is 9.97. The fraction of sp³-hybridized carbons (Fsp3) is 0.600. The largest absolute Gasteiger partial charge is 0.385 e. The van der Waals surface area contributed by atoms with Crippen molar-refractivity contribution in [3.05, 3.63) is 33.2 Å². The molecule has 0 aromatic carbocycles. The molecule has 0 radical (unpaired) electrons. The molecule has 0 spiro atoms. The van der Waals surface area contributed by atoms with Crippen molar-refractivity contribution in [2.45, 2.75) is 38.1 Å². The van der Waals surface area contributed by atoms with Crippen molar-refractivity contribution in [1.82, 2.24) is 9.88 Å². The molecule has 1 aliphatic rings. The van der Waals surface area contributed by atoms with Crippen LogP contribution in [0, 0.1) is 0 Å². The van der Waals surface area contributed by atoms with E-state index in [1.165, 1.54) is 12.3 Å². The van der Waals surface area contributed by atoms with Gasteiger partial charge in [0.1, 0.15) is 5.56 Å². The fourth-order valence-electron chi connectivity index (χ4n) is 2.80. The first kappa shape index (κ1) is 16.0. The van der Waals surface area contributed by atoms with E-state index in [4.69, 9.17) is 16.3 Å². The van der Waals surface area contributed by atoms with Crippen LogP contribution in [0.1, 0.15) is 42.5 Å². The molecule has 2 heterocycles. The van der Waals surface area contributed by atoms with Crippen molar-refractivity contribution < 1.29 is 9.53 Å². The van der Waals surface area contributed by atoms with Crippen molar-refractivity contribution in [3.63, 3.8) is 0 Å². The molecule has 2 rings (SSSR count). The molecule has 1 aliphatic heterocycles. The van der Waals surface area contributed by atoms with Crippen LogP contribution < -0.4 is 5.56 Å². The summed E-state index contributed by atoms with van der Waals surface area (Å²) in [6, 6.07) is 1.63. The minimum Gasteiger partial charge on any atom is -0.385 e. The zero-order valence-electron chi connectivity index (χ0n) is 12.2. The lowest BCUT2D eigenvalue weighted by molar-refractivity contribution is 0.0583. The van der Waals surface area contributed by atoms with E-state index >= 15 is 0 Å². The predicted octanol–water partition coefficient (Wildman–Crippen LogP) is 2.45. The maximum absolute atomic E-state index is 12.6. The van der Waals surface area contributed by atoms with Gasteiger partial charge < -0.3 is 14.6 Å². The standard InChI is InChI=1S/C15H21ClN2O3/c1-21-8-4-6-12-5-2-3-7-18(12)15(20)13-9-11(16)10-17-14(13)19/h9-10,12H,2-8H2,1H3,(H,17,19). The topological polar surface area (TPSA) is 62.4 Å². The molecule has 1 saturated heterocycles. The molecular weight excluding hydrogens is 292 g/mol. The lowest BCUT2D eigenvalue weighted by Crippen LogP contribution is -2.45. The predicted molar refractivity (Wildman–Crippen MR) is 81.9 cm³/mol. The first-order chi connectivity index (χ1) is 10.1. The van der Waals surface area contributed by atoms with Gasteiger partial charge in [-0.25, -0.2) is 0 Å². The van der Waals surface area contributed by atoms with Crippen LogP contribution in [0.4, 0.5) is 0 Å². The highest BCUT2D eigenvalue weighted by molar-refractivity contribution is 6.30. The zero-order valence-corrected chi connectivity index (χ0v) is 13.0. The summed E-state index contributed by atoms with van der Waals surface area (Å²) in [6.45, 7) is 1.39. The van der Waals surface area contributed by atoms with E-state index in [2.05, 4.69) is 4.98 Å². The van der Waals surface area contributed by atoms with E-state index in [9.17, 15) is 9.59 Å². The molecule has 6 heteroatoms. The molecule has 0 aliphatic carbocycles. The van der Waals surface area contributed by atoms with E-state index in [1.54, 1.807) is 7.11 Å². The van der Waals surface area contributed by atoms with Gasteiger partial charge in [-0.15, -0.1) is 0 Å². The summed E-state index contributed by atoms with van der Waals surface area (Å²) in [7, 11) is 1.68. The SMILES string of the molecule is COCCCC1CCCCN1C(=O)c1cc(Cl)c[nH]c1=O. The van der Waals surface area contributed by atoms with Crippen LogP contribution in [-0.2, 0) is 4.74 Å². The molecule has 1 N–H and O–H groups in total. The number of likely N-dealkylation sites (tertiary alicyclic amines) is 1. The number of nitrogens with zero attached hydrogens (tertiary/aromatic N) is 1. The number of rotatable bonds is 5. The number of H-pyrrole nitrogens is 1. The monoisotopic (exact) mass is 312 g/mol. The molecule has 21 heavy (non-hydrogen) atoms. The number of hydrogen-bond donors (Lipinski definition) is 1. The summed E-state index contributed by atoms with van der Waals surface area (Å²) >= 11 is 5.88. The zero-order chi connectivity index (χ0) is 15.2. The Morgan fingerprint density at radius 1 is 1.52 bits per heavy atom. The van der Waals surface area contributed by atoms with E-state index in [0.717, 1.165) is 32.1 Å². The Morgan fingerprint density at radius 3 is 3.10 bits per heavy atom. The molecule has 1 fully saturated rings. The van der Waals surface area contributed by atoms with Crippen LogP contribution in [-0.4, -0.2) is 42.1 Å². The van der Waals surface area contributed by atoms with Crippen molar-refractivity contribution in [1.29, 1.82) is 0 Å². The van der Waals surface area contributed by atoms with E-state index < -0.39 is 0 Å². The lowest BCUT2D eigenvalue weighted by Gasteiger charge is -2.35. The number of aromatic amines is 1. The van der Waals surface area contributed by atoms with E-state index in [1.807, 2.05) is 4.90 Å². The molecule has 1 aromatic rings. The summed E-state index contributed by atoms with van der Waals surface area (Å²) in [5, 5.41) is 0.367. The van der Waals surface area contributed by atoms with Gasteiger partial charge in [0, 0.05) is 32.5 Å². The molecule has 1 amide bonds. The van der Waals surface area contributed by atoms with E-state index in [-0.39, 0.29) is 23.1 Å². The molecular formula is C15H21ClN2O3. The summed E-state index contributed by atoms with van der Waals surface area (Å²) in [5.41, 5.74) is -0.258. The molecule has 1 aromatic heterocycles. The maximum Gasteiger partial charge on any atom is 0.260 e. The van der Waals surface area contributed by atoms with Gasteiger partial charge in [-0.1, -0.05) is 11.6 Å². The highest BCUT2D eigenvalue weighted by Crippen LogP contribution is 2.22. The summed E-state index contributed by atoms with van der Waals surface area (Å²) in [4.78, 5) is 28.8. The molecule has 1 atom stereocenters. The van der Waals surface area contributed by atoms with Crippen LogP contribution in [0.2, 0.25) is 5.02 Å². The number of carbonyl (C=O) groups excluding carboxylic acids is 1. The van der Waals surface area contributed by atoms with Crippen LogP contribution >= 0.6 is 11.6 Å². The van der Waals surface area contributed by atoms with Gasteiger partial charge in [0.15, 0.2) is 0 Å². The molecule has 0 bridgehead atoms. The van der Waals surface area contributed by atoms with Gasteiger partial charge in [0.05, 0.1) is 5.02 Å². The van der Waals surface area contributed by atoms with Crippen LogP contribution in [0.15, 0.2) is 17.1 Å². The van der Waals surface area contributed by atoms with Crippen LogP contribution in [0.3, 0.4) is 0 Å². The average Bonchev–Trinajstić information content (AvgIpc) is 2.50. The third-order valence-electron chi connectivity index (χ3n) is 3.87. The minimum atomic E-state index is -0.384. The quantitative estimate of drug-likeness (QED) is 0.849. The maximum atomic E-state index is 12.6. The third kappa shape index (κ3) is 4.08. The fourth-order valence-corrected chi connectivity index (χ4v) is 2.97. The second-order valence-electron chi connectivity index (χ2n) is 5.34. The number of carbonyl (C=O) groups is 1. The number of nitrogens with one attached hydrogen (secondary N) is 1. The highest BCUT2D eigenvalue weighted by Gasteiger charge is 2.28. The Balaban J connectivity index is 2.14. The summed E-state index contributed by atoms with van der Waals surface area (Å²) in [6.07, 6.45) is 6.29. The number of ether oxygens (including phenoxy) is 1. The van der Waals surface area contributed by atoms with Gasteiger partial charge in [-0.2, -0.15) is 0 Å². The van der Waals surface area contributed by atoms with Crippen molar-refractivity contribution in [2.24, 2.45) is 0 Å².